The lowest BCUT2D eigenvalue weighted by Gasteiger charge is -2.24. The first kappa shape index (κ1) is 17.5. The Labute approximate surface area is 158 Å². The lowest BCUT2D eigenvalue weighted by molar-refractivity contribution is 0.0769. The van der Waals surface area contributed by atoms with Gasteiger partial charge >= 0.3 is 0 Å². The summed E-state index contributed by atoms with van der Waals surface area (Å²) in [5.74, 6) is -0.178. The summed E-state index contributed by atoms with van der Waals surface area (Å²) in [5, 5.41) is 0.896. The summed E-state index contributed by atoms with van der Waals surface area (Å²) >= 11 is 0. The van der Waals surface area contributed by atoms with Crippen LogP contribution < -0.4 is 4.90 Å². The Balaban J connectivity index is 1.56. The Bertz CT molecular complexity index is 971. The second-order valence-corrected chi connectivity index (χ2v) is 6.94. The summed E-state index contributed by atoms with van der Waals surface area (Å²) in [6, 6.07) is 16.2. The molecule has 0 unspecified atom stereocenters. The second-order valence-electron chi connectivity index (χ2n) is 6.94. The zero-order valence-corrected chi connectivity index (χ0v) is 15.4. The van der Waals surface area contributed by atoms with Gasteiger partial charge in [-0.05, 0) is 49.7 Å². The molecule has 2 aromatic carbocycles. The van der Waals surface area contributed by atoms with Gasteiger partial charge in [-0.25, -0.2) is 4.39 Å². The summed E-state index contributed by atoms with van der Waals surface area (Å²) < 4.78 is 13.2. The van der Waals surface area contributed by atoms with E-state index in [9.17, 15) is 9.18 Å². The van der Waals surface area contributed by atoms with Gasteiger partial charge in [0.1, 0.15) is 5.82 Å². The number of nitrogens with zero attached hydrogens (tertiary/aromatic N) is 3. The summed E-state index contributed by atoms with van der Waals surface area (Å²) in [7, 11) is 0. The Hall–Kier alpha value is -2.95. The molecule has 0 atom stereocenters. The molecular formula is C22H22FN3O. The largest absolute Gasteiger partial charge is 0.370 e. The first-order chi connectivity index (χ1) is 13.1. The minimum atomic E-state index is -0.231. The van der Waals surface area contributed by atoms with E-state index >= 15 is 0 Å². The number of aromatic nitrogens is 1. The van der Waals surface area contributed by atoms with E-state index in [-0.39, 0.29) is 11.7 Å². The lowest BCUT2D eigenvalue weighted by Crippen LogP contribution is -2.35. The average molecular weight is 363 g/mol. The average Bonchev–Trinajstić information content (AvgIpc) is 2.93. The van der Waals surface area contributed by atoms with Crippen molar-refractivity contribution in [3.8, 4) is 0 Å². The quantitative estimate of drug-likeness (QED) is 0.690. The van der Waals surface area contributed by atoms with E-state index in [1.165, 1.54) is 12.1 Å². The molecule has 1 amide bonds. The van der Waals surface area contributed by atoms with Crippen LogP contribution in [0.1, 0.15) is 22.5 Å². The number of benzene rings is 2. The van der Waals surface area contributed by atoms with Gasteiger partial charge in [0.05, 0.1) is 11.1 Å². The van der Waals surface area contributed by atoms with Gasteiger partial charge in [-0.1, -0.05) is 18.2 Å². The number of hydrogen-bond donors (Lipinski definition) is 0. The maximum Gasteiger partial charge on any atom is 0.254 e. The minimum Gasteiger partial charge on any atom is -0.370 e. The molecular weight excluding hydrogens is 341 g/mol. The fourth-order valence-corrected chi connectivity index (χ4v) is 3.69. The predicted octanol–water partition coefficient (Wildman–Crippen LogP) is 4.03. The van der Waals surface area contributed by atoms with Gasteiger partial charge in [0, 0.05) is 42.9 Å². The molecule has 2 heterocycles. The van der Waals surface area contributed by atoms with Crippen molar-refractivity contribution in [2.24, 2.45) is 0 Å². The molecule has 1 aliphatic rings. The molecule has 0 saturated carbocycles. The van der Waals surface area contributed by atoms with Crippen LogP contribution in [0.3, 0.4) is 0 Å². The third-order valence-corrected chi connectivity index (χ3v) is 5.05. The van der Waals surface area contributed by atoms with E-state index in [1.54, 1.807) is 12.1 Å². The van der Waals surface area contributed by atoms with Crippen molar-refractivity contribution in [2.45, 2.75) is 13.3 Å². The summed E-state index contributed by atoms with van der Waals surface area (Å²) in [6.07, 6.45) is 0.880. The van der Waals surface area contributed by atoms with Crippen LogP contribution in [-0.2, 0) is 0 Å². The van der Waals surface area contributed by atoms with Gasteiger partial charge in [0.2, 0.25) is 0 Å². The molecule has 3 aromatic rings. The van der Waals surface area contributed by atoms with Crippen molar-refractivity contribution in [1.29, 1.82) is 0 Å². The molecule has 1 saturated heterocycles. The minimum absolute atomic E-state index is 0.0534. The molecule has 0 N–H and O–H groups in total. The van der Waals surface area contributed by atoms with Gasteiger partial charge < -0.3 is 9.80 Å². The highest BCUT2D eigenvalue weighted by atomic mass is 19.1. The fourth-order valence-electron chi connectivity index (χ4n) is 3.69. The number of amides is 1. The van der Waals surface area contributed by atoms with E-state index in [0.29, 0.717) is 18.7 Å². The van der Waals surface area contributed by atoms with Crippen LogP contribution in [0.4, 0.5) is 10.1 Å². The van der Waals surface area contributed by atoms with Crippen LogP contribution in [-0.4, -0.2) is 42.0 Å². The molecule has 138 valence electrons. The molecule has 4 rings (SSSR count). The molecule has 1 aliphatic heterocycles. The Kier molecular flexibility index (Phi) is 4.75. The molecule has 0 bridgehead atoms. The van der Waals surface area contributed by atoms with Crippen LogP contribution in [0.15, 0.2) is 54.6 Å². The molecule has 0 radical (unpaired) electrons. The Morgan fingerprint density at radius 3 is 2.59 bits per heavy atom. The van der Waals surface area contributed by atoms with E-state index in [2.05, 4.69) is 9.88 Å². The summed E-state index contributed by atoms with van der Waals surface area (Å²) in [5.41, 5.74) is 3.41. The summed E-state index contributed by atoms with van der Waals surface area (Å²) in [4.78, 5) is 21.9. The number of aryl methyl sites for hydroxylation is 1. The van der Waals surface area contributed by atoms with E-state index in [0.717, 1.165) is 41.8 Å². The number of carbonyl (C=O) groups excluding carboxylic acids is 1. The van der Waals surface area contributed by atoms with Crippen LogP contribution in [0.5, 0.6) is 0 Å². The second kappa shape index (κ2) is 7.35. The van der Waals surface area contributed by atoms with Crippen molar-refractivity contribution < 1.29 is 9.18 Å². The van der Waals surface area contributed by atoms with Gasteiger partial charge in [-0.15, -0.1) is 0 Å². The van der Waals surface area contributed by atoms with Crippen LogP contribution in [0, 0.1) is 12.7 Å². The molecule has 27 heavy (non-hydrogen) atoms. The van der Waals surface area contributed by atoms with Crippen LogP contribution in [0.25, 0.3) is 10.9 Å². The lowest BCUT2D eigenvalue weighted by atomic mass is 10.1. The maximum absolute atomic E-state index is 13.2. The monoisotopic (exact) mass is 363 g/mol. The van der Waals surface area contributed by atoms with E-state index in [4.69, 9.17) is 0 Å². The Morgan fingerprint density at radius 2 is 1.78 bits per heavy atom. The zero-order chi connectivity index (χ0) is 18.8. The topological polar surface area (TPSA) is 36.4 Å². The van der Waals surface area contributed by atoms with Gasteiger partial charge in [0.15, 0.2) is 0 Å². The number of hydrogen-bond acceptors (Lipinski definition) is 3. The highest BCUT2D eigenvalue weighted by Crippen LogP contribution is 2.22. The molecule has 1 aromatic heterocycles. The molecule has 0 spiro atoms. The Morgan fingerprint density at radius 1 is 1.00 bits per heavy atom. The van der Waals surface area contributed by atoms with E-state index < -0.39 is 0 Å². The maximum atomic E-state index is 13.2. The van der Waals surface area contributed by atoms with Gasteiger partial charge in [-0.2, -0.15) is 0 Å². The number of carbonyl (C=O) groups is 1. The summed E-state index contributed by atoms with van der Waals surface area (Å²) in [6.45, 7) is 4.87. The van der Waals surface area contributed by atoms with Gasteiger partial charge in [-0.3, -0.25) is 9.78 Å². The SMILES string of the molecule is Cc1cc(C(=O)N2CCCN(c3ccc(F)cc3)CC2)c2ccccc2n1. The molecule has 0 aliphatic carbocycles. The first-order valence-corrected chi connectivity index (χ1v) is 9.28. The zero-order valence-electron chi connectivity index (χ0n) is 15.4. The number of halogens is 1. The van der Waals surface area contributed by atoms with E-state index in [1.807, 2.05) is 42.2 Å². The smallest absolute Gasteiger partial charge is 0.254 e. The molecule has 1 fully saturated rings. The van der Waals surface area contributed by atoms with Crippen molar-refractivity contribution >= 4 is 22.5 Å². The fraction of sp³-hybridized carbons (Fsp3) is 0.273. The number of fused-ring (bicyclic) bond motifs is 1. The third-order valence-electron chi connectivity index (χ3n) is 5.05. The predicted molar refractivity (Wildman–Crippen MR) is 106 cm³/mol. The van der Waals surface area contributed by atoms with Crippen molar-refractivity contribution in [3.05, 3.63) is 71.7 Å². The number of anilines is 1. The van der Waals surface area contributed by atoms with Crippen molar-refractivity contribution in [3.63, 3.8) is 0 Å². The molecule has 5 heteroatoms. The van der Waals surface area contributed by atoms with Crippen molar-refractivity contribution in [2.75, 3.05) is 31.1 Å². The highest BCUT2D eigenvalue weighted by molar-refractivity contribution is 6.06. The van der Waals surface area contributed by atoms with Gasteiger partial charge in [0.25, 0.3) is 5.91 Å². The standard InChI is InChI=1S/C22H22FN3O/c1-16-15-20(19-5-2-3-6-21(19)24-16)22(27)26-12-4-11-25(13-14-26)18-9-7-17(23)8-10-18/h2-3,5-10,15H,4,11-14H2,1H3. The number of rotatable bonds is 2. The number of pyridine rings is 1. The van der Waals surface area contributed by atoms with Crippen LogP contribution in [0.2, 0.25) is 0 Å². The third kappa shape index (κ3) is 3.63. The van der Waals surface area contributed by atoms with Crippen LogP contribution >= 0.6 is 0 Å². The normalized spacial score (nSPS) is 15.0. The molecule has 4 nitrogen and oxygen atoms in total. The van der Waals surface area contributed by atoms with Crippen molar-refractivity contribution in [1.82, 2.24) is 9.88 Å². The number of para-hydroxylation sites is 1. The first-order valence-electron chi connectivity index (χ1n) is 9.28. The highest BCUT2D eigenvalue weighted by Gasteiger charge is 2.22.